The van der Waals surface area contributed by atoms with Crippen LogP contribution in [-0.4, -0.2) is 25.0 Å². The second-order valence-electron chi connectivity index (χ2n) is 5.72. The molecule has 1 aliphatic rings. The van der Waals surface area contributed by atoms with Crippen LogP contribution in [0.5, 0.6) is 11.5 Å². The fourth-order valence-corrected chi connectivity index (χ4v) is 2.59. The van der Waals surface area contributed by atoms with Gasteiger partial charge in [0.25, 0.3) is 5.91 Å². The standard InChI is InChI=1S/C18H18F2N2O2.ClH/c19-16-8-7-15(10-17(16)20)24-14-5-3-12(4-6-14)18(23)22-13-2-1-9-21-11-13;/h3-8,10,13,21H,1-2,9,11H2,(H,22,23);1H. The van der Waals surface area contributed by atoms with Crippen LogP contribution in [0.2, 0.25) is 0 Å². The Bertz CT molecular complexity index is 720. The van der Waals surface area contributed by atoms with Gasteiger partial charge in [-0.1, -0.05) is 0 Å². The van der Waals surface area contributed by atoms with Gasteiger partial charge in [-0.3, -0.25) is 4.79 Å². The fourth-order valence-electron chi connectivity index (χ4n) is 2.59. The van der Waals surface area contributed by atoms with Crippen LogP contribution in [0.1, 0.15) is 23.2 Å². The van der Waals surface area contributed by atoms with Crippen molar-refractivity contribution in [2.75, 3.05) is 13.1 Å². The van der Waals surface area contributed by atoms with Crippen molar-refractivity contribution in [2.24, 2.45) is 0 Å². The molecule has 1 amide bonds. The lowest BCUT2D eigenvalue weighted by Gasteiger charge is -2.23. The Balaban J connectivity index is 0.00000225. The van der Waals surface area contributed by atoms with Crippen LogP contribution >= 0.6 is 12.4 Å². The Morgan fingerprint density at radius 2 is 1.80 bits per heavy atom. The normalized spacial score (nSPS) is 16.6. The van der Waals surface area contributed by atoms with Gasteiger partial charge in [0, 0.05) is 24.2 Å². The number of carbonyl (C=O) groups is 1. The second-order valence-corrected chi connectivity index (χ2v) is 5.72. The molecule has 1 atom stereocenters. The molecule has 2 aromatic carbocycles. The van der Waals surface area contributed by atoms with Crippen molar-refractivity contribution in [1.82, 2.24) is 10.6 Å². The molecule has 0 bridgehead atoms. The Morgan fingerprint density at radius 1 is 1.08 bits per heavy atom. The van der Waals surface area contributed by atoms with Gasteiger partial charge in [0.15, 0.2) is 11.6 Å². The largest absolute Gasteiger partial charge is 0.457 e. The summed E-state index contributed by atoms with van der Waals surface area (Å²) in [5.41, 5.74) is 0.526. The maximum absolute atomic E-state index is 13.2. The van der Waals surface area contributed by atoms with Crippen molar-refractivity contribution < 1.29 is 18.3 Å². The number of nitrogens with one attached hydrogen (secondary N) is 2. The molecule has 0 radical (unpaired) electrons. The van der Waals surface area contributed by atoms with Crippen molar-refractivity contribution in [3.8, 4) is 11.5 Å². The van der Waals surface area contributed by atoms with E-state index >= 15 is 0 Å². The third-order valence-corrected chi connectivity index (χ3v) is 3.88. The number of amides is 1. The highest BCUT2D eigenvalue weighted by molar-refractivity contribution is 5.94. The molecule has 1 heterocycles. The topological polar surface area (TPSA) is 50.4 Å². The van der Waals surface area contributed by atoms with E-state index in [1.165, 1.54) is 6.07 Å². The van der Waals surface area contributed by atoms with Crippen molar-refractivity contribution >= 4 is 18.3 Å². The maximum atomic E-state index is 13.2. The van der Waals surface area contributed by atoms with E-state index in [0.717, 1.165) is 38.1 Å². The summed E-state index contributed by atoms with van der Waals surface area (Å²) >= 11 is 0. The summed E-state index contributed by atoms with van der Waals surface area (Å²) in [6.45, 7) is 1.77. The first-order valence-electron chi connectivity index (χ1n) is 7.86. The molecule has 0 saturated carbocycles. The molecular weight excluding hydrogens is 350 g/mol. The third-order valence-electron chi connectivity index (χ3n) is 3.88. The van der Waals surface area contributed by atoms with Crippen molar-refractivity contribution in [3.63, 3.8) is 0 Å². The van der Waals surface area contributed by atoms with Gasteiger partial charge in [-0.05, 0) is 55.8 Å². The second kappa shape index (κ2) is 8.78. The minimum Gasteiger partial charge on any atom is -0.457 e. The molecule has 0 aliphatic carbocycles. The predicted molar refractivity (Wildman–Crippen MR) is 93.5 cm³/mol. The predicted octanol–water partition coefficient (Wildman–Crippen LogP) is 3.66. The summed E-state index contributed by atoms with van der Waals surface area (Å²) in [6, 6.07) is 9.99. The number of piperidine rings is 1. The monoisotopic (exact) mass is 368 g/mol. The molecule has 1 saturated heterocycles. The molecule has 1 aliphatic heterocycles. The van der Waals surface area contributed by atoms with Gasteiger partial charge in [-0.25, -0.2) is 8.78 Å². The SMILES string of the molecule is Cl.O=C(NC1CCCNC1)c1ccc(Oc2ccc(F)c(F)c2)cc1. The summed E-state index contributed by atoms with van der Waals surface area (Å²) in [6.07, 6.45) is 2.02. The lowest BCUT2D eigenvalue weighted by molar-refractivity contribution is 0.0930. The highest BCUT2D eigenvalue weighted by atomic mass is 35.5. The number of ether oxygens (including phenoxy) is 1. The van der Waals surface area contributed by atoms with E-state index in [0.29, 0.717) is 11.3 Å². The van der Waals surface area contributed by atoms with Crippen LogP contribution in [0.4, 0.5) is 8.78 Å². The first kappa shape index (κ1) is 19.1. The van der Waals surface area contributed by atoms with Crippen LogP contribution in [0.25, 0.3) is 0 Å². The summed E-state index contributed by atoms with van der Waals surface area (Å²) in [4.78, 5) is 12.2. The van der Waals surface area contributed by atoms with Crippen LogP contribution in [0.15, 0.2) is 42.5 Å². The quantitative estimate of drug-likeness (QED) is 0.866. The van der Waals surface area contributed by atoms with E-state index in [1.54, 1.807) is 24.3 Å². The lowest BCUT2D eigenvalue weighted by atomic mass is 10.1. The molecule has 0 aromatic heterocycles. The van der Waals surface area contributed by atoms with Crippen molar-refractivity contribution in [2.45, 2.75) is 18.9 Å². The molecule has 7 heteroatoms. The summed E-state index contributed by atoms with van der Waals surface area (Å²) in [7, 11) is 0. The number of carbonyl (C=O) groups excluding carboxylic acids is 1. The summed E-state index contributed by atoms with van der Waals surface area (Å²) in [5.74, 6) is -1.39. The zero-order valence-electron chi connectivity index (χ0n) is 13.4. The maximum Gasteiger partial charge on any atom is 0.251 e. The van der Waals surface area contributed by atoms with Gasteiger partial charge in [0.1, 0.15) is 11.5 Å². The minimum absolute atomic E-state index is 0. The number of benzene rings is 2. The van der Waals surface area contributed by atoms with E-state index in [-0.39, 0.29) is 30.1 Å². The summed E-state index contributed by atoms with van der Waals surface area (Å²) in [5, 5.41) is 6.23. The van der Waals surface area contributed by atoms with E-state index in [1.807, 2.05) is 0 Å². The molecule has 2 N–H and O–H groups in total. The molecule has 4 nitrogen and oxygen atoms in total. The van der Waals surface area contributed by atoms with Crippen LogP contribution in [-0.2, 0) is 0 Å². The molecule has 0 spiro atoms. The van der Waals surface area contributed by atoms with E-state index < -0.39 is 11.6 Å². The summed E-state index contributed by atoms with van der Waals surface area (Å²) < 4.78 is 31.5. The smallest absolute Gasteiger partial charge is 0.251 e. The van der Waals surface area contributed by atoms with Crippen molar-refractivity contribution in [1.29, 1.82) is 0 Å². The van der Waals surface area contributed by atoms with Crippen molar-refractivity contribution in [3.05, 3.63) is 59.7 Å². The molecule has 25 heavy (non-hydrogen) atoms. The lowest BCUT2D eigenvalue weighted by Crippen LogP contribution is -2.45. The zero-order chi connectivity index (χ0) is 16.9. The molecule has 3 rings (SSSR count). The van der Waals surface area contributed by atoms with Crippen LogP contribution in [0, 0.1) is 11.6 Å². The molecular formula is C18H19ClF2N2O2. The highest BCUT2D eigenvalue weighted by Gasteiger charge is 2.16. The Hall–Kier alpha value is -2.18. The molecule has 1 unspecified atom stereocenters. The third kappa shape index (κ3) is 5.14. The zero-order valence-corrected chi connectivity index (χ0v) is 14.2. The first-order chi connectivity index (χ1) is 11.6. The molecule has 2 aromatic rings. The number of halogens is 3. The minimum atomic E-state index is -0.968. The molecule has 134 valence electrons. The van der Waals surface area contributed by atoms with Gasteiger partial charge in [0.2, 0.25) is 0 Å². The Labute approximate surface area is 151 Å². The van der Waals surface area contributed by atoms with Gasteiger partial charge >= 0.3 is 0 Å². The van der Waals surface area contributed by atoms with Gasteiger partial charge < -0.3 is 15.4 Å². The van der Waals surface area contributed by atoms with Gasteiger partial charge in [0.05, 0.1) is 0 Å². The van der Waals surface area contributed by atoms with E-state index in [2.05, 4.69) is 10.6 Å². The van der Waals surface area contributed by atoms with Crippen LogP contribution < -0.4 is 15.4 Å². The van der Waals surface area contributed by atoms with Gasteiger partial charge in [-0.15, -0.1) is 12.4 Å². The number of hydrogen-bond acceptors (Lipinski definition) is 3. The van der Waals surface area contributed by atoms with E-state index in [4.69, 9.17) is 4.74 Å². The first-order valence-corrected chi connectivity index (χ1v) is 7.86. The fraction of sp³-hybridized carbons (Fsp3) is 0.278. The highest BCUT2D eigenvalue weighted by Crippen LogP contribution is 2.23. The van der Waals surface area contributed by atoms with Crippen LogP contribution in [0.3, 0.4) is 0 Å². The van der Waals surface area contributed by atoms with Gasteiger partial charge in [-0.2, -0.15) is 0 Å². The molecule has 1 fully saturated rings. The Morgan fingerprint density at radius 3 is 2.44 bits per heavy atom. The average Bonchev–Trinajstić information content (AvgIpc) is 2.60. The van der Waals surface area contributed by atoms with E-state index in [9.17, 15) is 13.6 Å². The average molecular weight is 369 g/mol. The number of rotatable bonds is 4. The Kier molecular flexibility index (Phi) is 6.73. The number of hydrogen-bond donors (Lipinski definition) is 2.